The molecule has 0 spiro atoms. The third-order valence-corrected chi connectivity index (χ3v) is 9.31. The van der Waals surface area contributed by atoms with Crippen molar-refractivity contribution in [2.45, 2.75) is 57.5 Å². The molecule has 1 atom stereocenters. The number of rotatable bonds is 14. The van der Waals surface area contributed by atoms with Crippen LogP contribution in [0, 0.1) is 6.92 Å². The summed E-state index contributed by atoms with van der Waals surface area (Å²) in [6, 6.07) is 17.1. The van der Waals surface area contributed by atoms with E-state index in [-0.39, 0.29) is 28.8 Å². The number of hydrogen-bond acceptors (Lipinski definition) is 5. The van der Waals surface area contributed by atoms with Crippen LogP contribution in [0.15, 0.2) is 71.6 Å². The highest BCUT2D eigenvalue weighted by Crippen LogP contribution is 2.33. The van der Waals surface area contributed by atoms with E-state index in [1.165, 1.54) is 24.1 Å². The Morgan fingerprint density at radius 3 is 2.29 bits per heavy atom. The van der Waals surface area contributed by atoms with Gasteiger partial charge >= 0.3 is 0 Å². The Morgan fingerprint density at radius 2 is 1.67 bits per heavy atom. The number of sulfonamides is 1. The lowest BCUT2D eigenvalue weighted by atomic mass is 10.1. The first-order chi connectivity index (χ1) is 20.0. The molecule has 0 heterocycles. The molecule has 0 radical (unpaired) electrons. The van der Waals surface area contributed by atoms with E-state index in [4.69, 9.17) is 27.9 Å². The van der Waals surface area contributed by atoms with Crippen molar-refractivity contribution in [2.24, 2.45) is 0 Å². The molecule has 8 nitrogen and oxygen atoms in total. The number of anilines is 1. The molecule has 11 heteroatoms. The van der Waals surface area contributed by atoms with Crippen molar-refractivity contribution in [3.05, 3.63) is 87.9 Å². The molecule has 0 aliphatic carbocycles. The minimum Gasteiger partial charge on any atom is -0.495 e. The quantitative estimate of drug-likeness (QED) is 0.212. The molecule has 3 aromatic carbocycles. The molecule has 0 saturated heterocycles. The smallest absolute Gasteiger partial charge is 0.264 e. The molecule has 3 rings (SSSR count). The van der Waals surface area contributed by atoms with Crippen LogP contribution >= 0.6 is 23.2 Å². The number of hydrogen-bond donors (Lipinski definition) is 1. The Hall–Kier alpha value is -3.27. The van der Waals surface area contributed by atoms with Crippen molar-refractivity contribution in [1.29, 1.82) is 0 Å². The number of amides is 2. The van der Waals surface area contributed by atoms with E-state index in [9.17, 15) is 18.0 Å². The summed E-state index contributed by atoms with van der Waals surface area (Å²) < 4.78 is 34.6. The molecule has 0 aromatic heterocycles. The van der Waals surface area contributed by atoms with Gasteiger partial charge in [0, 0.05) is 13.1 Å². The van der Waals surface area contributed by atoms with Crippen molar-refractivity contribution >= 4 is 50.7 Å². The fourth-order valence-electron chi connectivity index (χ4n) is 4.45. The van der Waals surface area contributed by atoms with E-state index >= 15 is 0 Å². The third-order valence-electron chi connectivity index (χ3n) is 6.79. The fraction of sp³-hybridized carbons (Fsp3) is 0.355. The number of nitrogens with zero attached hydrogens (tertiary/aromatic N) is 2. The number of halogens is 2. The Bertz CT molecular complexity index is 1480. The number of benzene rings is 3. The number of methoxy groups -OCH3 is 1. The van der Waals surface area contributed by atoms with Gasteiger partial charge in [-0.15, -0.1) is 0 Å². The molecule has 0 saturated carbocycles. The zero-order valence-electron chi connectivity index (χ0n) is 24.3. The lowest BCUT2D eigenvalue weighted by Crippen LogP contribution is -2.52. The second-order valence-corrected chi connectivity index (χ2v) is 12.5. The Morgan fingerprint density at radius 1 is 0.976 bits per heavy atom. The van der Waals surface area contributed by atoms with E-state index < -0.39 is 28.5 Å². The average molecular weight is 635 g/mol. The van der Waals surface area contributed by atoms with Gasteiger partial charge in [0.2, 0.25) is 11.8 Å². The maximum Gasteiger partial charge on any atom is 0.264 e. The first-order valence-electron chi connectivity index (χ1n) is 13.8. The van der Waals surface area contributed by atoms with Crippen LogP contribution in [0.25, 0.3) is 0 Å². The number of ether oxygens (including phenoxy) is 1. The van der Waals surface area contributed by atoms with E-state index in [0.29, 0.717) is 28.6 Å². The summed E-state index contributed by atoms with van der Waals surface area (Å²) in [6.07, 6.45) is 2.00. The number of unbranched alkanes of at least 4 members (excludes halogenated alkanes) is 1. The van der Waals surface area contributed by atoms with Crippen LogP contribution in [-0.2, 0) is 26.2 Å². The van der Waals surface area contributed by atoms with Gasteiger partial charge in [0.05, 0.1) is 27.7 Å². The number of para-hydroxylation sites is 2. The second-order valence-electron chi connectivity index (χ2n) is 9.84. The molecule has 226 valence electrons. The van der Waals surface area contributed by atoms with Crippen LogP contribution in [0.4, 0.5) is 5.69 Å². The van der Waals surface area contributed by atoms with Gasteiger partial charge < -0.3 is 15.0 Å². The van der Waals surface area contributed by atoms with Crippen molar-refractivity contribution in [2.75, 3.05) is 24.5 Å². The monoisotopic (exact) mass is 633 g/mol. The van der Waals surface area contributed by atoms with E-state index in [0.717, 1.165) is 22.7 Å². The number of carbonyl (C=O) groups excluding carboxylic acids is 2. The number of carbonyl (C=O) groups is 2. The highest BCUT2D eigenvalue weighted by Gasteiger charge is 2.34. The average Bonchev–Trinajstić information content (AvgIpc) is 2.97. The van der Waals surface area contributed by atoms with Crippen LogP contribution < -0.4 is 14.4 Å². The van der Waals surface area contributed by atoms with Crippen molar-refractivity contribution in [1.82, 2.24) is 10.2 Å². The number of nitrogens with one attached hydrogen (secondary N) is 1. The Kier molecular flexibility index (Phi) is 12.1. The standard InChI is InChI=1S/C31H37Cl2N3O5S/c1-5-7-18-34-31(38)27(6-2)35(20-23-14-17-25(32)26(33)19-23)30(37)21-36(28-10-8-9-11-29(28)41-4)42(39,40)24-15-12-22(3)13-16-24/h8-17,19,27H,5-7,18,20-21H2,1-4H3,(H,34,38)/t27-/m0/s1. The number of aryl methyl sites for hydroxylation is 1. The molecule has 0 unspecified atom stereocenters. The summed E-state index contributed by atoms with van der Waals surface area (Å²) in [7, 11) is -2.79. The predicted octanol–water partition coefficient (Wildman–Crippen LogP) is 6.23. The molecule has 42 heavy (non-hydrogen) atoms. The van der Waals surface area contributed by atoms with Gasteiger partial charge in [-0.3, -0.25) is 13.9 Å². The minimum absolute atomic E-state index is 0.0137. The highest BCUT2D eigenvalue weighted by molar-refractivity contribution is 7.92. The van der Waals surface area contributed by atoms with Crippen molar-refractivity contribution < 1.29 is 22.7 Å². The zero-order chi connectivity index (χ0) is 30.9. The topological polar surface area (TPSA) is 96.0 Å². The maximum absolute atomic E-state index is 14.2. The summed E-state index contributed by atoms with van der Waals surface area (Å²) in [6.45, 7) is 5.59. The Labute approximate surface area is 258 Å². The van der Waals surface area contributed by atoms with Crippen LogP contribution in [0.1, 0.15) is 44.2 Å². The first-order valence-corrected chi connectivity index (χ1v) is 16.0. The van der Waals surface area contributed by atoms with Crippen molar-refractivity contribution in [3.8, 4) is 5.75 Å². The molecule has 0 aliphatic rings. The lowest BCUT2D eigenvalue weighted by Gasteiger charge is -2.33. The SMILES string of the molecule is CCCCNC(=O)[C@H](CC)N(Cc1ccc(Cl)c(Cl)c1)C(=O)CN(c1ccccc1OC)S(=O)(=O)c1ccc(C)cc1. The molecular formula is C31H37Cl2N3O5S. The highest BCUT2D eigenvalue weighted by atomic mass is 35.5. The van der Waals surface area contributed by atoms with Gasteiger partial charge in [-0.05, 0) is 61.7 Å². The molecule has 0 fully saturated rings. The lowest BCUT2D eigenvalue weighted by molar-refractivity contribution is -0.140. The largest absolute Gasteiger partial charge is 0.495 e. The van der Waals surface area contributed by atoms with Crippen LogP contribution in [0.3, 0.4) is 0 Å². The van der Waals surface area contributed by atoms with Crippen molar-refractivity contribution in [3.63, 3.8) is 0 Å². The second kappa shape index (κ2) is 15.3. The Balaban J connectivity index is 2.09. The van der Waals surface area contributed by atoms with Crippen LogP contribution in [0.5, 0.6) is 5.75 Å². The van der Waals surface area contributed by atoms with E-state index in [1.807, 2.05) is 13.8 Å². The summed E-state index contributed by atoms with van der Waals surface area (Å²) in [5, 5.41) is 3.57. The minimum atomic E-state index is -4.22. The van der Waals surface area contributed by atoms with Gasteiger partial charge in [-0.2, -0.15) is 0 Å². The molecule has 0 bridgehead atoms. The van der Waals surface area contributed by atoms with Gasteiger partial charge in [0.15, 0.2) is 0 Å². The first kappa shape index (κ1) is 33.2. The fourth-order valence-corrected chi connectivity index (χ4v) is 6.19. The normalized spacial score (nSPS) is 12.0. The summed E-state index contributed by atoms with van der Waals surface area (Å²) >= 11 is 12.4. The van der Waals surface area contributed by atoms with Gasteiger partial charge in [0.1, 0.15) is 18.3 Å². The third kappa shape index (κ3) is 8.18. The van der Waals surface area contributed by atoms with Gasteiger partial charge in [0.25, 0.3) is 10.0 Å². The molecule has 1 N–H and O–H groups in total. The molecular weight excluding hydrogens is 597 g/mol. The molecule has 3 aromatic rings. The zero-order valence-corrected chi connectivity index (χ0v) is 26.6. The van der Waals surface area contributed by atoms with Gasteiger partial charge in [-0.1, -0.05) is 79.4 Å². The molecule has 0 aliphatic heterocycles. The summed E-state index contributed by atoms with van der Waals surface area (Å²) in [4.78, 5) is 28.9. The van der Waals surface area contributed by atoms with Gasteiger partial charge in [-0.25, -0.2) is 8.42 Å². The van der Waals surface area contributed by atoms with Crippen LogP contribution in [0.2, 0.25) is 10.0 Å². The molecule has 2 amide bonds. The van der Waals surface area contributed by atoms with E-state index in [2.05, 4.69) is 5.32 Å². The summed E-state index contributed by atoms with van der Waals surface area (Å²) in [5.74, 6) is -0.605. The predicted molar refractivity (Wildman–Crippen MR) is 168 cm³/mol. The summed E-state index contributed by atoms with van der Waals surface area (Å²) in [5.41, 5.74) is 1.73. The van der Waals surface area contributed by atoms with Crippen LogP contribution in [-0.4, -0.2) is 51.4 Å². The maximum atomic E-state index is 14.2. The van der Waals surface area contributed by atoms with E-state index in [1.54, 1.807) is 61.5 Å².